The third-order valence-electron chi connectivity index (χ3n) is 3.20. The number of ether oxygens (including phenoxy) is 1. The number of hydrogen-bond donors (Lipinski definition) is 2. The SMILES string of the molecule is Nc1nc(-n2ccc(Br)n2)cc(N2CCOCC2)c1N. The fourth-order valence-corrected chi connectivity index (χ4v) is 2.45. The Kier molecular flexibility index (Phi) is 3.49. The van der Waals surface area contributed by atoms with Crippen LogP contribution in [0, 0.1) is 0 Å². The summed E-state index contributed by atoms with van der Waals surface area (Å²) in [5.41, 5.74) is 13.4. The Morgan fingerprint density at radius 3 is 2.65 bits per heavy atom. The maximum atomic E-state index is 6.06. The van der Waals surface area contributed by atoms with Crippen LogP contribution in [0.15, 0.2) is 22.9 Å². The molecule has 0 saturated carbocycles. The van der Waals surface area contributed by atoms with Gasteiger partial charge in [0, 0.05) is 25.4 Å². The summed E-state index contributed by atoms with van der Waals surface area (Å²) in [7, 11) is 0. The van der Waals surface area contributed by atoms with Crippen molar-refractivity contribution in [1.82, 2.24) is 14.8 Å². The van der Waals surface area contributed by atoms with Gasteiger partial charge in [-0.2, -0.15) is 5.10 Å². The smallest absolute Gasteiger partial charge is 0.157 e. The molecule has 0 radical (unpaired) electrons. The van der Waals surface area contributed by atoms with E-state index in [1.807, 2.05) is 18.3 Å². The number of nitrogens with zero attached hydrogens (tertiary/aromatic N) is 4. The highest BCUT2D eigenvalue weighted by Crippen LogP contribution is 2.30. The molecule has 2 aromatic rings. The lowest BCUT2D eigenvalue weighted by Crippen LogP contribution is -2.37. The summed E-state index contributed by atoms with van der Waals surface area (Å²) in [4.78, 5) is 6.44. The molecule has 20 heavy (non-hydrogen) atoms. The zero-order chi connectivity index (χ0) is 14.1. The van der Waals surface area contributed by atoms with Gasteiger partial charge >= 0.3 is 0 Å². The highest BCUT2D eigenvalue weighted by atomic mass is 79.9. The number of hydrogen-bond acceptors (Lipinski definition) is 6. The Morgan fingerprint density at radius 1 is 1.25 bits per heavy atom. The van der Waals surface area contributed by atoms with Crippen molar-refractivity contribution in [3.05, 3.63) is 22.9 Å². The molecule has 4 N–H and O–H groups in total. The second kappa shape index (κ2) is 5.29. The Morgan fingerprint density at radius 2 is 2.00 bits per heavy atom. The van der Waals surface area contributed by atoms with E-state index in [9.17, 15) is 0 Å². The molecule has 0 atom stereocenters. The van der Waals surface area contributed by atoms with Gasteiger partial charge in [-0.25, -0.2) is 9.67 Å². The van der Waals surface area contributed by atoms with Gasteiger partial charge in [-0.1, -0.05) is 0 Å². The van der Waals surface area contributed by atoms with Crippen LogP contribution < -0.4 is 16.4 Å². The summed E-state index contributed by atoms with van der Waals surface area (Å²) in [6, 6.07) is 3.74. The molecular formula is C12H15BrN6O. The number of pyridine rings is 1. The van der Waals surface area contributed by atoms with E-state index in [1.54, 1.807) is 4.68 Å². The lowest BCUT2D eigenvalue weighted by molar-refractivity contribution is 0.123. The Bertz CT molecular complexity index is 622. The normalized spacial score (nSPS) is 15.6. The number of aromatic nitrogens is 3. The molecule has 8 heteroatoms. The molecular weight excluding hydrogens is 324 g/mol. The minimum Gasteiger partial charge on any atom is -0.394 e. The minimum atomic E-state index is 0.315. The summed E-state index contributed by atoms with van der Waals surface area (Å²) in [6.45, 7) is 2.94. The van der Waals surface area contributed by atoms with Crippen molar-refractivity contribution in [3.8, 4) is 5.82 Å². The topological polar surface area (TPSA) is 95.2 Å². The van der Waals surface area contributed by atoms with E-state index in [4.69, 9.17) is 16.2 Å². The van der Waals surface area contributed by atoms with Gasteiger partial charge in [-0.3, -0.25) is 0 Å². The molecule has 0 amide bonds. The van der Waals surface area contributed by atoms with Crippen LogP contribution >= 0.6 is 15.9 Å². The average molecular weight is 339 g/mol. The van der Waals surface area contributed by atoms with Crippen LogP contribution in [0.4, 0.5) is 17.2 Å². The molecule has 3 heterocycles. The Labute approximate surface area is 124 Å². The number of nitrogens with two attached hydrogens (primary N) is 2. The summed E-state index contributed by atoms with van der Waals surface area (Å²) in [5, 5.41) is 4.27. The van der Waals surface area contributed by atoms with Crippen LogP contribution in [0.3, 0.4) is 0 Å². The van der Waals surface area contributed by atoms with Crippen molar-refractivity contribution in [3.63, 3.8) is 0 Å². The van der Waals surface area contributed by atoms with Crippen LogP contribution in [0.2, 0.25) is 0 Å². The van der Waals surface area contributed by atoms with Gasteiger partial charge in [0.15, 0.2) is 11.6 Å². The van der Waals surface area contributed by atoms with Gasteiger partial charge in [0.2, 0.25) is 0 Å². The van der Waals surface area contributed by atoms with E-state index < -0.39 is 0 Å². The first kappa shape index (κ1) is 13.2. The van der Waals surface area contributed by atoms with Crippen molar-refractivity contribution >= 4 is 33.1 Å². The molecule has 3 rings (SSSR count). The largest absolute Gasteiger partial charge is 0.394 e. The first-order chi connectivity index (χ1) is 9.65. The molecule has 0 unspecified atom stereocenters. The third-order valence-corrected chi connectivity index (χ3v) is 3.62. The first-order valence-corrected chi connectivity index (χ1v) is 7.04. The van der Waals surface area contributed by atoms with E-state index in [1.165, 1.54) is 0 Å². The van der Waals surface area contributed by atoms with Crippen LogP contribution in [-0.4, -0.2) is 41.1 Å². The fraction of sp³-hybridized carbons (Fsp3) is 0.333. The minimum absolute atomic E-state index is 0.315. The molecule has 0 aliphatic carbocycles. The summed E-state index contributed by atoms with van der Waals surface area (Å²) < 4.78 is 7.75. The maximum Gasteiger partial charge on any atom is 0.157 e. The highest BCUT2D eigenvalue weighted by Gasteiger charge is 2.17. The average Bonchev–Trinajstić information content (AvgIpc) is 2.89. The van der Waals surface area contributed by atoms with Gasteiger partial charge in [0.25, 0.3) is 0 Å². The Balaban J connectivity index is 2.02. The number of halogens is 1. The van der Waals surface area contributed by atoms with Crippen LogP contribution in [0.25, 0.3) is 5.82 Å². The maximum absolute atomic E-state index is 6.06. The summed E-state index contributed by atoms with van der Waals surface area (Å²) in [6.07, 6.45) is 1.81. The molecule has 1 fully saturated rings. The van der Waals surface area contributed by atoms with Crippen LogP contribution in [0.1, 0.15) is 0 Å². The zero-order valence-corrected chi connectivity index (χ0v) is 12.4. The molecule has 1 aliphatic heterocycles. The number of anilines is 3. The van der Waals surface area contributed by atoms with Gasteiger partial charge in [0.05, 0.1) is 24.6 Å². The lowest BCUT2D eigenvalue weighted by atomic mass is 10.2. The van der Waals surface area contributed by atoms with Crippen molar-refractivity contribution in [2.24, 2.45) is 0 Å². The number of rotatable bonds is 2. The van der Waals surface area contributed by atoms with E-state index in [-0.39, 0.29) is 0 Å². The first-order valence-electron chi connectivity index (χ1n) is 6.25. The van der Waals surface area contributed by atoms with Crippen LogP contribution in [0.5, 0.6) is 0 Å². The van der Waals surface area contributed by atoms with Crippen molar-refractivity contribution in [1.29, 1.82) is 0 Å². The molecule has 0 aromatic carbocycles. The zero-order valence-electron chi connectivity index (χ0n) is 10.8. The standard InChI is InChI=1S/C12H15BrN6O/c13-9-1-2-19(17-9)10-7-8(11(14)12(15)16-10)18-3-5-20-6-4-18/h1-2,7H,3-6,14H2,(H2,15,16). The highest BCUT2D eigenvalue weighted by molar-refractivity contribution is 9.10. The predicted molar refractivity (Wildman–Crippen MR) is 80.9 cm³/mol. The third kappa shape index (κ3) is 2.44. The van der Waals surface area contributed by atoms with Crippen molar-refractivity contribution in [2.45, 2.75) is 0 Å². The second-order valence-electron chi connectivity index (χ2n) is 4.48. The van der Waals surface area contributed by atoms with Gasteiger partial charge in [0.1, 0.15) is 4.60 Å². The Hall–Kier alpha value is -1.80. The van der Waals surface area contributed by atoms with Gasteiger partial charge in [-0.15, -0.1) is 0 Å². The fourth-order valence-electron chi connectivity index (χ4n) is 2.16. The van der Waals surface area contributed by atoms with E-state index in [0.717, 1.165) is 23.4 Å². The van der Waals surface area contributed by atoms with E-state index in [2.05, 4.69) is 30.9 Å². The molecule has 2 aromatic heterocycles. The summed E-state index contributed by atoms with van der Waals surface area (Å²) in [5.74, 6) is 0.958. The monoisotopic (exact) mass is 338 g/mol. The second-order valence-corrected chi connectivity index (χ2v) is 5.29. The molecule has 1 saturated heterocycles. The molecule has 106 valence electrons. The number of morpholine rings is 1. The lowest BCUT2D eigenvalue weighted by Gasteiger charge is -2.30. The molecule has 7 nitrogen and oxygen atoms in total. The van der Waals surface area contributed by atoms with Gasteiger partial charge < -0.3 is 21.1 Å². The molecule has 0 bridgehead atoms. The molecule has 0 spiro atoms. The van der Waals surface area contributed by atoms with Crippen molar-refractivity contribution < 1.29 is 4.74 Å². The van der Waals surface area contributed by atoms with Crippen molar-refractivity contribution in [2.75, 3.05) is 42.7 Å². The molecule has 1 aliphatic rings. The number of nitrogen functional groups attached to an aromatic ring is 2. The summed E-state index contributed by atoms with van der Waals surface area (Å²) >= 11 is 3.31. The van der Waals surface area contributed by atoms with E-state index >= 15 is 0 Å². The van der Waals surface area contributed by atoms with E-state index in [0.29, 0.717) is 30.5 Å². The van der Waals surface area contributed by atoms with Crippen LogP contribution in [-0.2, 0) is 4.74 Å². The quantitative estimate of drug-likeness (QED) is 0.849. The van der Waals surface area contributed by atoms with Gasteiger partial charge in [-0.05, 0) is 22.0 Å². The predicted octanol–water partition coefficient (Wildman–Crippen LogP) is 1.03.